The Morgan fingerprint density at radius 3 is 2.48 bits per heavy atom. The summed E-state index contributed by atoms with van der Waals surface area (Å²) in [5, 5.41) is 10.3. The molecule has 0 bridgehead atoms. The molecule has 1 aromatic rings. The Kier molecular flexibility index (Phi) is 5.15. The summed E-state index contributed by atoms with van der Waals surface area (Å²) < 4.78 is 5.46. The second-order valence-electron chi connectivity index (χ2n) is 7.11. The summed E-state index contributed by atoms with van der Waals surface area (Å²) >= 11 is 0. The van der Waals surface area contributed by atoms with Crippen LogP contribution < -0.4 is 4.74 Å². The van der Waals surface area contributed by atoms with Gasteiger partial charge < -0.3 is 9.84 Å². The number of aromatic hydroxyl groups is 1. The van der Waals surface area contributed by atoms with E-state index < -0.39 is 0 Å². The average Bonchev–Trinajstić information content (AvgIpc) is 2.43. The van der Waals surface area contributed by atoms with E-state index in [2.05, 4.69) is 25.7 Å². The number of hydrogen-bond acceptors (Lipinski definition) is 3. The molecule has 1 aliphatic rings. The van der Waals surface area contributed by atoms with Crippen molar-refractivity contribution in [2.45, 2.75) is 47.1 Å². The fraction of sp³-hybridized carbons (Fsp3) is 0.667. The van der Waals surface area contributed by atoms with Crippen molar-refractivity contribution >= 4 is 0 Å². The van der Waals surface area contributed by atoms with E-state index in [4.69, 9.17) is 4.74 Å². The van der Waals surface area contributed by atoms with Crippen molar-refractivity contribution in [2.75, 3.05) is 19.7 Å². The maximum atomic E-state index is 10.3. The first-order valence-electron chi connectivity index (χ1n) is 8.07. The number of rotatable bonds is 4. The third kappa shape index (κ3) is 4.13. The lowest BCUT2D eigenvalue weighted by atomic mass is 9.75. The normalized spacial score (nSPS) is 17.9. The van der Waals surface area contributed by atoms with Crippen LogP contribution in [0.1, 0.15) is 46.1 Å². The molecule has 0 saturated carbocycles. The highest BCUT2D eigenvalue weighted by Gasteiger charge is 2.28. The summed E-state index contributed by atoms with van der Waals surface area (Å²) in [6, 6.07) is 5.78. The first kappa shape index (κ1) is 16.2. The van der Waals surface area contributed by atoms with Crippen LogP contribution in [0.3, 0.4) is 0 Å². The molecule has 3 heteroatoms. The number of phenolic OH excluding ortho intramolecular Hbond substituents is 1. The molecule has 0 amide bonds. The Hall–Kier alpha value is -1.22. The molecule has 1 fully saturated rings. The van der Waals surface area contributed by atoms with E-state index >= 15 is 0 Å². The molecule has 1 aliphatic heterocycles. The molecule has 3 nitrogen and oxygen atoms in total. The van der Waals surface area contributed by atoms with Crippen LogP contribution in [0.15, 0.2) is 18.2 Å². The number of likely N-dealkylation sites (tertiary alicyclic amines) is 1. The summed E-state index contributed by atoms with van der Waals surface area (Å²) in [5.41, 5.74) is 1.37. The molecule has 2 rings (SSSR count). The van der Waals surface area contributed by atoms with Gasteiger partial charge in [-0.15, -0.1) is 0 Å². The van der Waals surface area contributed by atoms with Crippen LogP contribution in [-0.2, 0) is 6.54 Å². The second kappa shape index (κ2) is 6.69. The van der Waals surface area contributed by atoms with E-state index in [9.17, 15) is 5.11 Å². The van der Waals surface area contributed by atoms with Crippen molar-refractivity contribution < 1.29 is 9.84 Å². The molecule has 1 aromatic carbocycles. The zero-order chi connectivity index (χ0) is 15.5. The third-order valence-corrected chi connectivity index (χ3v) is 4.59. The molecular formula is C18H29NO2. The van der Waals surface area contributed by atoms with Gasteiger partial charge in [0, 0.05) is 12.1 Å². The van der Waals surface area contributed by atoms with Crippen LogP contribution in [0.4, 0.5) is 0 Å². The second-order valence-corrected chi connectivity index (χ2v) is 7.11. The number of nitrogens with zero attached hydrogens (tertiary/aromatic N) is 1. The van der Waals surface area contributed by atoms with Gasteiger partial charge in [-0.3, -0.25) is 4.90 Å². The molecule has 21 heavy (non-hydrogen) atoms. The standard InChI is InChI=1S/C18H29NO2/c1-5-21-16-8-6-7-14(17(16)20)13-19-11-9-15(10-12-19)18(2,3)4/h6-8,15,20H,5,9-13H2,1-4H3. The molecule has 118 valence electrons. The minimum absolute atomic E-state index is 0.303. The van der Waals surface area contributed by atoms with Gasteiger partial charge in [0.1, 0.15) is 0 Å². The topological polar surface area (TPSA) is 32.7 Å². The first-order chi connectivity index (χ1) is 9.91. The van der Waals surface area contributed by atoms with Crippen molar-refractivity contribution in [1.82, 2.24) is 4.90 Å². The SMILES string of the molecule is CCOc1cccc(CN2CCC(C(C)(C)C)CC2)c1O. The molecule has 0 radical (unpaired) electrons. The van der Waals surface area contributed by atoms with Crippen LogP contribution in [0.5, 0.6) is 11.5 Å². The summed E-state index contributed by atoms with van der Waals surface area (Å²) in [4.78, 5) is 2.44. The van der Waals surface area contributed by atoms with Crippen LogP contribution in [0.2, 0.25) is 0 Å². The molecule has 0 atom stereocenters. The number of ether oxygens (including phenoxy) is 1. The summed E-state index contributed by atoms with van der Waals surface area (Å²) in [6.45, 7) is 12.6. The minimum Gasteiger partial charge on any atom is -0.504 e. The summed E-state index contributed by atoms with van der Waals surface area (Å²) in [5.74, 6) is 1.70. The van der Waals surface area contributed by atoms with Crippen molar-refractivity contribution in [3.8, 4) is 11.5 Å². The number of phenols is 1. The van der Waals surface area contributed by atoms with E-state index in [1.165, 1.54) is 12.8 Å². The van der Waals surface area contributed by atoms with Gasteiger partial charge in [0.2, 0.25) is 0 Å². The van der Waals surface area contributed by atoms with Crippen molar-refractivity contribution in [3.05, 3.63) is 23.8 Å². The third-order valence-electron chi connectivity index (χ3n) is 4.59. The lowest BCUT2D eigenvalue weighted by Crippen LogP contribution is -2.37. The Morgan fingerprint density at radius 1 is 1.24 bits per heavy atom. The van der Waals surface area contributed by atoms with E-state index in [1.54, 1.807) is 0 Å². The highest BCUT2D eigenvalue weighted by Crippen LogP contribution is 2.36. The lowest BCUT2D eigenvalue weighted by Gasteiger charge is -2.38. The smallest absolute Gasteiger partial charge is 0.162 e. The maximum absolute atomic E-state index is 10.3. The van der Waals surface area contributed by atoms with Gasteiger partial charge in [-0.25, -0.2) is 0 Å². The fourth-order valence-electron chi connectivity index (χ4n) is 3.17. The van der Waals surface area contributed by atoms with E-state index in [-0.39, 0.29) is 0 Å². The Bertz CT molecular complexity index is 457. The zero-order valence-corrected chi connectivity index (χ0v) is 13.9. The maximum Gasteiger partial charge on any atom is 0.162 e. The Balaban J connectivity index is 1.96. The van der Waals surface area contributed by atoms with Crippen molar-refractivity contribution in [3.63, 3.8) is 0 Å². The van der Waals surface area contributed by atoms with Gasteiger partial charge in [0.25, 0.3) is 0 Å². The number of benzene rings is 1. The molecular weight excluding hydrogens is 262 g/mol. The largest absolute Gasteiger partial charge is 0.504 e. The zero-order valence-electron chi connectivity index (χ0n) is 13.9. The Morgan fingerprint density at radius 2 is 1.90 bits per heavy atom. The Labute approximate surface area is 128 Å². The quantitative estimate of drug-likeness (QED) is 0.908. The number of para-hydroxylation sites is 1. The van der Waals surface area contributed by atoms with Gasteiger partial charge in [0.05, 0.1) is 6.61 Å². The number of piperidine rings is 1. The van der Waals surface area contributed by atoms with E-state index in [0.29, 0.717) is 23.5 Å². The van der Waals surface area contributed by atoms with Crippen molar-refractivity contribution in [2.24, 2.45) is 11.3 Å². The van der Waals surface area contributed by atoms with Crippen LogP contribution in [0, 0.1) is 11.3 Å². The van der Waals surface area contributed by atoms with E-state index in [0.717, 1.165) is 31.1 Å². The highest BCUT2D eigenvalue weighted by atomic mass is 16.5. The predicted octanol–water partition coefficient (Wildman–Crippen LogP) is 4.05. The molecule has 0 aromatic heterocycles. The van der Waals surface area contributed by atoms with E-state index in [1.807, 2.05) is 25.1 Å². The van der Waals surface area contributed by atoms with Gasteiger partial charge in [-0.1, -0.05) is 32.9 Å². The van der Waals surface area contributed by atoms with Gasteiger partial charge >= 0.3 is 0 Å². The number of hydrogen-bond donors (Lipinski definition) is 1. The monoisotopic (exact) mass is 291 g/mol. The average molecular weight is 291 g/mol. The molecule has 0 aliphatic carbocycles. The van der Waals surface area contributed by atoms with Gasteiger partial charge in [0.15, 0.2) is 11.5 Å². The summed E-state index contributed by atoms with van der Waals surface area (Å²) in [7, 11) is 0. The van der Waals surface area contributed by atoms with Crippen LogP contribution in [-0.4, -0.2) is 29.7 Å². The van der Waals surface area contributed by atoms with Crippen LogP contribution >= 0.6 is 0 Å². The molecule has 0 spiro atoms. The summed E-state index contributed by atoms with van der Waals surface area (Å²) in [6.07, 6.45) is 2.49. The lowest BCUT2D eigenvalue weighted by molar-refractivity contribution is 0.107. The van der Waals surface area contributed by atoms with Crippen molar-refractivity contribution in [1.29, 1.82) is 0 Å². The minimum atomic E-state index is 0.303. The molecule has 1 saturated heterocycles. The first-order valence-corrected chi connectivity index (χ1v) is 8.07. The molecule has 1 heterocycles. The highest BCUT2D eigenvalue weighted by molar-refractivity contribution is 5.45. The molecule has 0 unspecified atom stereocenters. The fourth-order valence-corrected chi connectivity index (χ4v) is 3.17. The van der Waals surface area contributed by atoms with Crippen LogP contribution in [0.25, 0.3) is 0 Å². The van der Waals surface area contributed by atoms with Gasteiger partial charge in [-0.2, -0.15) is 0 Å². The molecule has 1 N–H and O–H groups in total. The predicted molar refractivity (Wildman–Crippen MR) is 86.7 cm³/mol. The van der Waals surface area contributed by atoms with Gasteiger partial charge in [-0.05, 0) is 50.3 Å².